The van der Waals surface area contributed by atoms with Gasteiger partial charge in [-0.15, -0.1) is 0 Å². The molecule has 2 rings (SSSR count). The lowest BCUT2D eigenvalue weighted by Crippen LogP contribution is -2.34. The van der Waals surface area contributed by atoms with Gasteiger partial charge in [0.25, 0.3) is 0 Å². The van der Waals surface area contributed by atoms with E-state index in [1.165, 1.54) is 37.9 Å². The zero-order valence-corrected chi connectivity index (χ0v) is 10.8. The van der Waals surface area contributed by atoms with E-state index in [2.05, 4.69) is 35.3 Å². The first kappa shape index (κ1) is 12.2. The van der Waals surface area contributed by atoms with Gasteiger partial charge in [-0.1, -0.05) is 12.5 Å². The summed E-state index contributed by atoms with van der Waals surface area (Å²) in [6, 6.07) is 6.28. The van der Waals surface area contributed by atoms with Gasteiger partial charge in [-0.3, -0.25) is 4.90 Å². The zero-order valence-electron chi connectivity index (χ0n) is 10.8. The molecule has 17 heavy (non-hydrogen) atoms. The molecule has 0 bridgehead atoms. The fourth-order valence-electron chi connectivity index (χ4n) is 2.25. The smallest absolute Gasteiger partial charge is 0.123 e. The normalized spacial score (nSPS) is 16.8. The van der Waals surface area contributed by atoms with E-state index in [0.717, 1.165) is 18.1 Å². The number of nitrogens with one attached hydrogen (secondary N) is 1. The minimum Gasteiger partial charge on any atom is -0.496 e. The molecule has 0 aliphatic carbocycles. The highest BCUT2D eigenvalue weighted by Crippen LogP contribution is 2.22. The van der Waals surface area contributed by atoms with E-state index in [-0.39, 0.29) is 0 Å². The van der Waals surface area contributed by atoms with Crippen LogP contribution in [0.15, 0.2) is 18.2 Å². The average molecular weight is 234 g/mol. The molecule has 0 atom stereocenters. The van der Waals surface area contributed by atoms with E-state index in [4.69, 9.17) is 4.74 Å². The van der Waals surface area contributed by atoms with Crippen molar-refractivity contribution in [1.29, 1.82) is 0 Å². The predicted molar refractivity (Wildman–Crippen MR) is 71.6 cm³/mol. The Bertz CT molecular complexity index is 359. The van der Waals surface area contributed by atoms with Crippen molar-refractivity contribution in [2.24, 2.45) is 0 Å². The van der Waals surface area contributed by atoms with Crippen LogP contribution in [0.3, 0.4) is 0 Å². The number of hydrogen-bond donors (Lipinski definition) is 1. The van der Waals surface area contributed by atoms with Gasteiger partial charge in [0.1, 0.15) is 5.75 Å². The van der Waals surface area contributed by atoms with Crippen molar-refractivity contribution in [2.75, 3.05) is 32.2 Å². The van der Waals surface area contributed by atoms with E-state index in [1.54, 1.807) is 7.11 Å². The largest absolute Gasteiger partial charge is 0.496 e. The van der Waals surface area contributed by atoms with Crippen LogP contribution >= 0.6 is 0 Å². The summed E-state index contributed by atoms with van der Waals surface area (Å²) in [6.45, 7) is 5.44. The average Bonchev–Trinajstić information content (AvgIpc) is 2.39. The van der Waals surface area contributed by atoms with Crippen molar-refractivity contribution in [1.82, 2.24) is 4.90 Å². The molecule has 0 unspecified atom stereocenters. The lowest BCUT2D eigenvalue weighted by atomic mass is 10.1. The van der Waals surface area contributed by atoms with E-state index >= 15 is 0 Å². The second kappa shape index (κ2) is 5.92. The van der Waals surface area contributed by atoms with Gasteiger partial charge in [0.15, 0.2) is 0 Å². The van der Waals surface area contributed by atoms with Crippen molar-refractivity contribution in [3.05, 3.63) is 23.8 Å². The summed E-state index contributed by atoms with van der Waals surface area (Å²) in [5, 5.41) is 3.46. The number of ether oxygens (including phenoxy) is 1. The molecule has 1 aliphatic rings. The maximum Gasteiger partial charge on any atom is 0.123 e. The van der Waals surface area contributed by atoms with Crippen LogP contribution in [-0.4, -0.2) is 31.8 Å². The molecule has 0 radical (unpaired) electrons. The first-order valence-electron chi connectivity index (χ1n) is 6.40. The van der Waals surface area contributed by atoms with Gasteiger partial charge >= 0.3 is 0 Å². The molecule has 3 heteroatoms. The molecule has 1 aromatic carbocycles. The molecule has 0 amide bonds. The van der Waals surface area contributed by atoms with E-state index in [1.807, 2.05) is 0 Å². The van der Waals surface area contributed by atoms with E-state index < -0.39 is 0 Å². The number of benzene rings is 1. The highest BCUT2D eigenvalue weighted by molar-refractivity contribution is 5.51. The number of anilines is 1. The molecule has 1 aliphatic heterocycles. The first-order valence-corrected chi connectivity index (χ1v) is 6.40. The van der Waals surface area contributed by atoms with E-state index in [9.17, 15) is 0 Å². The second-order valence-corrected chi connectivity index (χ2v) is 4.70. The maximum atomic E-state index is 5.32. The second-order valence-electron chi connectivity index (χ2n) is 4.70. The van der Waals surface area contributed by atoms with Crippen LogP contribution < -0.4 is 10.1 Å². The fourth-order valence-corrected chi connectivity index (χ4v) is 2.25. The van der Waals surface area contributed by atoms with Crippen molar-refractivity contribution in [3.8, 4) is 5.75 Å². The number of methoxy groups -OCH3 is 1. The number of aryl methyl sites for hydroxylation is 1. The topological polar surface area (TPSA) is 24.5 Å². The summed E-state index contributed by atoms with van der Waals surface area (Å²) in [5.41, 5.74) is 2.31. The minimum absolute atomic E-state index is 0.937. The van der Waals surface area contributed by atoms with Crippen LogP contribution in [0.5, 0.6) is 5.75 Å². The number of likely N-dealkylation sites (tertiary alicyclic amines) is 1. The van der Waals surface area contributed by atoms with Gasteiger partial charge in [-0.2, -0.15) is 0 Å². The summed E-state index contributed by atoms with van der Waals surface area (Å²) in [5.74, 6) is 0.952. The highest BCUT2D eigenvalue weighted by Gasteiger charge is 2.09. The molecule has 0 saturated carbocycles. The summed E-state index contributed by atoms with van der Waals surface area (Å²) in [6.07, 6.45) is 4.05. The Morgan fingerprint density at radius 2 is 2.00 bits per heavy atom. The van der Waals surface area contributed by atoms with E-state index in [0.29, 0.717) is 0 Å². The molecule has 0 spiro atoms. The van der Waals surface area contributed by atoms with Crippen LogP contribution in [0.2, 0.25) is 0 Å². The standard InChI is InChI=1S/C14H22N2O/c1-12-6-7-13(10-14(12)17-2)15-11-16-8-4-3-5-9-16/h6-7,10,15H,3-5,8-9,11H2,1-2H3. The Morgan fingerprint density at radius 1 is 1.24 bits per heavy atom. The Balaban J connectivity index is 1.89. The number of rotatable bonds is 4. The summed E-state index contributed by atoms with van der Waals surface area (Å²) < 4.78 is 5.32. The summed E-state index contributed by atoms with van der Waals surface area (Å²) >= 11 is 0. The molecule has 1 fully saturated rings. The van der Waals surface area contributed by atoms with Crippen LogP contribution in [0.1, 0.15) is 24.8 Å². The molecule has 3 nitrogen and oxygen atoms in total. The third-order valence-electron chi connectivity index (χ3n) is 3.36. The molecule has 1 saturated heterocycles. The number of nitrogens with zero attached hydrogens (tertiary/aromatic N) is 1. The van der Waals surface area contributed by atoms with Gasteiger partial charge in [-0.05, 0) is 44.5 Å². The Morgan fingerprint density at radius 3 is 2.71 bits per heavy atom. The molecular weight excluding hydrogens is 212 g/mol. The van der Waals surface area contributed by atoms with Gasteiger partial charge in [0.2, 0.25) is 0 Å². The van der Waals surface area contributed by atoms with Gasteiger partial charge < -0.3 is 10.1 Å². The number of piperidine rings is 1. The summed E-state index contributed by atoms with van der Waals surface area (Å²) in [7, 11) is 1.72. The Kier molecular flexibility index (Phi) is 4.26. The lowest BCUT2D eigenvalue weighted by Gasteiger charge is -2.27. The van der Waals surface area contributed by atoms with Crippen LogP contribution in [0.25, 0.3) is 0 Å². The highest BCUT2D eigenvalue weighted by atomic mass is 16.5. The number of hydrogen-bond acceptors (Lipinski definition) is 3. The van der Waals surface area contributed by atoms with Crippen molar-refractivity contribution in [2.45, 2.75) is 26.2 Å². The van der Waals surface area contributed by atoms with Crippen LogP contribution in [0, 0.1) is 6.92 Å². The molecular formula is C14H22N2O. The van der Waals surface area contributed by atoms with Crippen molar-refractivity contribution in [3.63, 3.8) is 0 Å². The fraction of sp³-hybridized carbons (Fsp3) is 0.571. The van der Waals surface area contributed by atoms with Gasteiger partial charge in [-0.25, -0.2) is 0 Å². The van der Waals surface area contributed by atoms with Gasteiger partial charge in [0.05, 0.1) is 13.8 Å². The lowest BCUT2D eigenvalue weighted by molar-refractivity contribution is 0.244. The Labute approximate surface area is 104 Å². The molecule has 94 valence electrons. The zero-order chi connectivity index (χ0) is 12.1. The molecule has 1 N–H and O–H groups in total. The van der Waals surface area contributed by atoms with Crippen LogP contribution in [0.4, 0.5) is 5.69 Å². The quantitative estimate of drug-likeness (QED) is 0.867. The third-order valence-corrected chi connectivity index (χ3v) is 3.36. The SMILES string of the molecule is COc1cc(NCN2CCCCC2)ccc1C. The maximum absolute atomic E-state index is 5.32. The Hall–Kier alpha value is -1.22. The van der Waals surface area contributed by atoms with Crippen LogP contribution in [-0.2, 0) is 0 Å². The third kappa shape index (κ3) is 3.37. The monoisotopic (exact) mass is 234 g/mol. The van der Waals surface area contributed by atoms with Crippen molar-refractivity contribution < 1.29 is 4.74 Å². The minimum atomic E-state index is 0.937. The predicted octanol–water partition coefficient (Wildman–Crippen LogP) is 2.86. The summed E-state index contributed by atoms with van der Waals surface area (Å²) in [4.78, 5) is 2.47. The van der Waals surface area contributed by atoms with Crippen molar-refractivity contribution >= 4 is 5.69 Å². The first-order chi connectivity index (χ1) is 8.29. The van der Waals surface area contributed by atoms with Gasteiger partial charge in [0, 0.05) is 11.8 Å². The molecule has 0 aromatic heterocycles. The molecule has 1 heterocycles. The molecule has 1 aromatic rings.